The first-order valence-electron chi connectivity index (χ1n) is 11.6. The van der Waals surface area contributed by atoms with Gasteiger partial charge in [0.15, 0.2) is 0 Å². The average molecular weight is 403 g/mol. The lowest BCUT2D eigenvalue weighted by molar-refractivity contribution is 0.429. The number of unbranched alkanes of at least 4 members (excludes halogenated alkanes) is 8. The number of fused-ring (bicyclic) bond motifs is 1. The molecule has 1 aliphatic heterocycles. The van der Waals surface area contributed by atoms with Crippen LogP contribution in [0.4, 0.5) is 11.4 Å². The van der Waals surface area contributed by atoms with Gasteiger partial charge < -0.3 is 10.0 Å². The molecule has 1 aromatic carbocycles. The van der Waals surface area contributed by atoms with Gasteiger partial charge in [-0.2, -0.15) is 0 Å². The molecule has 0 aliphatic carbocycles. The molecular weight excluding hydrogens is 360 g/mol. The summed E-state index contributed by atoms with van der Waals surface area (Å²) in [5, 5.41) is 4.36. The van der Waals surface area contributed by atoms with E-state index in [0.29, 0.717) is 17.2 Å². The molecule has 0 spiro atoms. The maximum Gasteiger partial charge on any atom is 0.0675 e. The normalized spacial score (nSPS) is 20.2. The second kappa shape index (κ2) is 14.0. The van der Waals surface area contributed by atoms with Crippen LogP contribution < -0.4 is 10.0 Å². The van der Waals surface area contributed by atoms with Crippen LogP contribution in [0.25, 0.3) is 0 Å². The first-order valence-corrected chi connectivity index (χ1v) is 12.5. The van der Waals surface area contributed by atoms with Gasteiger partial charge in [-0.15, -0.1) is 0 Å². The number of para-hydroxylation sites is 2. The van der Waals surface area contributed by atoms with E-state index in [1.54, 1.807) is 0 Å². The van der Waals surface area contributed by atoms with Crippen LogP contribution >= 0.6 is 11.9 Å². The first-order chi connectivity index (χ1) is 13.7. The molecule has 28 heavy (non-hydrogen) atoms. The van der Waals surface area contributed by atoms with Gasteiger partial charge in [-0.25, -0.2) is 0 Å². The van der Waals surface area contributed by atoms with Crippen molar-refractivity contribution in [1.82, 2.24) is 0 Å². The standard InChI is InChI=1S/C25H42N2S/c1-4-5-6-7-8-9-10-11-12-13-14-15-18-21(2)25-22(3)28-27-24-20-17-16-19-23(24)26-25/h11-12,16-17,19-22,25-27H,4-10,13-15,18H2,1-3H3/b12-11-. The van der Waals surface area contributed by atoms with Crippen molar-refractivity contribution in [2.75, 3.05) is 10.0 Å². The molecule has 0 saturated heterocycles. The Labute approximate surface area is 178 Å². The van der Waals surface area contributed by atoms with Crippen LogP contribution in [-0.2, 0) is 0 Å². The van der Waals surface area contributed by atoms with E-state index in [1.165, 1.54) is 82.0 Å². The lowest BCUT2D eigenvalue weighted by Gasteiger charge is -2.28. The maximum atomic E-state index is 3.81. The zero-order valence-electron chi connectivity index (χ0n) is 18.4. The second-order valence-corrected chi connectivity index (χ2v) is 9.61. The van der Waals surface area contributed by atoms with Gasteiger partial charge in [0.2, 0.25) is 0 Å². The number of benzene rings is 1. The Hall–Kier alpha value is -1.09. The van der Waals surface area contributed by atoms with Gasteiger partial charge in [0.25, 0.3) is 0 Å². The number of rotatable bonds is 13. The fraction of sp³-hybridized carbons (Fsp3) is 0.680. The van der Waals surface area contributed by atoms with Gasteiger partial charge in [0, 0.05) is 11.3 Å². The summed E-state index contributed by atoms with van der Waals surface area (Å²) in [7, 11) is 0. The van der Waals surface area contributed by atoms with E-state index in [4.69, 9.17) is 0 Å². The molecule has 0 bridgehead atoms. The highest BCUT2D eigenvalue weighted by Crippen LogP contribution is 2.35. The van der Waals surface area contributed by atoms with Crippen molar-refractivity contribution in [3.05, 3.63) is 36.4 Å². The summed E-state index contributed by atoms with van der Waals surface area (Å²) in [6, 6.07) is 9.09. The Morgan fingerprint density at radius 2 is 1.57 bits per heavy atom. The van der Waals surface area contributed by atoms with E-state index in [9.17, 15) is 0 Å². The van der Waals surface area contributed by atoms with Crippen LogP contribution in [0.3, 0.4) is 0 Å². The number of hydrogen-bond donors (Lipinski definition) is 2. The average Bonchev–Trinajstić information content (AvgIpc) is 2.88. The Balaban J connectivity index is 1.58. The van der Waals surface area contributed by atoms with E-state index >= 15 is 0 Å². The summed E-state index contributed by atoms with van der Waals surface area (Å²) in [4.78, 5) is 0. The summed E-state index contributed by atoms with van der Waals surface area (Å²) in [5.41, 5.74) is 2.46. The van der Waals surface area contributed by atoms with Crippen LogP contribution in [0.15, 0.2) is 36.4 Å². The van der Waals surface area contributed by atoms with Crippen molar-refractivity contribution >= 4 is 23.3 Å². The predicted octanol–water partition coefficient (Wildman–Crippen LogP) is 8.43. The molecule has 158 valence electrons. The molecule has 3 unspecified atom stereocenters. The topological polar surface area (TPSA) is 24.1 Å². The van der Waals surface area contributed by atoms with Crippen LogP contribution in [0.1, 0.15) is 91.4 Å². The summed E-state index contributed by atoms with van der Waals surface area (Å²) in [6.45, 7) is 7.03. The van der Waals surface area contributed by atoms with Crippen molar-refractivity contribution in [1.29, 1.82) is 0 Å². The minimum Gasteiger partial charge on any atom is -0.379 e. The summed E-state index contributed by atoms with van der Waals surface area (Å²) in [5.74, 6) is 0.683. The molecular formula is C25H42N2S. The molecule has 0 radical (unpaired) electrons. The minimum atomic E-state index is 0.518. The number of nitrogens with one attached hydrogen (secondary N) is 2. The number of allylic oxidation sites excluding steroid dienone is 2. The molecule has 3 atom stereocenters. The lowest BCUT2D eigenvalue weighted by atomic mass is 9.92. The molecule has 0 aromatic heterocycles. The van der Waals surface area contributed by atoms with Crippen molar-refractivity contribution < 1.29 is 0 Å². The van der Waals surface area contributed by atoms with Crippen molar-refractivity contribution in [3.8, 4) is 0 Å². The molecule has 3 heteroatoms. The largest absolute Gasteiger partial charge is 0.379 e. The predicted molar refractivity (Wildman–Crippen MR) is 129 cm³/mol. The Kier molecular flexibility index (Phi) is 11.6. The first kappa shape index (κ1) is 23.2. The van der Waals surface area contributed by atoms with Gasteiger partial charge in [-0.1, -0.05) is 76.7 Å². The molecule has 2 nitrogen and oxygen atoms in total. The fourth-order valence-corrected chi connectivity index (χ4v) is 4.99. The SMILES string of the molecule is CCCCCCCC/C=C\CCCCC(C)C1Nc2ccccc2NSC1C. The quantitative estimate of drug-likeness (QED) is 0.197. The van der Waals surface area contributed by atoms with E-state index in [0.717, 1.165) is 0 Å². The summed E-state index contributed by atoms with van der Waals surface area (Å²) < 4.78 is 3.52. The minimum absolute atomic E-state index is 0.518. The summed E-state index contributed by atoms with van der Waals surface area (Å²) >= 11 is 1.86. The highest BCUT2D eigenvalue weighted by Gasteiger charge is 2.27. The number of hydrogen-bond acceptors (Lipinski definition) is 3. The van der Waals surface area contributed by atoms with Gasteiger partial charge in [-0.3, -0.25) is 0 Å². The maximum absolute atomic E-state index is 3.81. The molecule has 0 amide bonds. The van der Waals surface area contributed by atoms with E-state index in [1.807, 2.05) is 11.9 Å². The van der Waals surface area contributed by atoms with Crippen molar-refractivity contribution in [2.45, 2.75) is 103 Å². The Morgan fingerprint density at radius 1 is 0.929 bits per heavy atom. The summed E-state index contributed by atoms with van der Waals surface area (Å²) in [6.07, 6.45) is 19.7. The molecule has 2 N–H and O–H groups in total. The van der Waals surface area contributed by atoms with E-state index in [-0.39, 0.29) is 0 Å². The molecule has 1 aromatic rings. The fourth-order valence-electron chi connectivity index (χ4n) is 4.02. The third-order valence-electron chi connectivity index (χ3n) is 5.89. The van der Waals surface area contributed by atoms with E-state index in [2.05, 4.69) is 67.2 Å². The zero-order valence-corrected chi connectivity index (χ0v) is 19.2. The Morgan fingerprint density at radius 3 is 2.32 bits per heavy atom. The molecule has 0 saturated carbocycles. The molecule has 1 aliphatic rings. The monoisotopic (exact) mass is 402 g/mol. The van der Waals surface area contributed by atoms with Crippen LogP contribution in [0.2, 0.25) is 0 Å². The smallest absolute Gasteiger partial charge is 0.0675 e. The molecule has 0 fully saturated rings. The highest BCUT2D eigenvalue weighted by molar-refractivity contribution is 8.01. The lowest BCUT2D eigenvalue weighted by Crippen LogP contribution is -2.35. The molecule has 1 heterocycles. The van der Waals surface area contributed by atoms with Gasteiger partial charge in [-0.05, 0) is 69.0 Å². The zero-order chi connectivity index (χ0) is 20.0. The third kappa shape index (κ3) is 8.51. The number of anilines is 2. The van der Waals surface area contributed by atoms with Crippen molar-refractivity contribution in [2.24, 2.45) is 5.92 Å². The second-order valence-electron chi connectivity index (χ2n) is 8.43. The molecule has 2 rings (SSSR count). The van der Waals surface area contributed by atoms with Crippen molar-refractivity contribution in [3.63, 3.8) is 0 Å². The van der Waals surface area contributed by atoms with Crippen LogP contribution in [0.5, 0.6) is 0 Å². The van der Waals surface area contributed by atoms with Gasteiger partial charge >= 0.3 is 0 Å². The third-order valence-corrected chi connectivity index (χ3v) is 6.90. The van der Waals surface area contributed by atoms with Gasteiger partial charge in [0.1, 0.15) is 0 Å². The van der Waals surface area contributed by atoms with Crippen LogP contribution in [-0.4, -0.2) is 11.3 Å². The highest BCUT2D eigenvalue weighted by atomic mass is 32.2. The van der Waals surface area contributed by atoms with E-state index < -0.39 is 0 Å². The van der Waals surface area contributed by atoms with Gasteiger partial charge in [0.05, 0.1) is 11.4 Å². The Bertz CT molecular complexity index is 557. The van der Waals surface area contributed by atoms with Crippen LogP contribution in [0, 0.1) is 5.92 Å².